The summed E-state index contributed by atoms with van der Waals surface area (Å²) in [5.41, 5.74) is 4.81. The summed E-state index contributed by atoms with van der Waals surface area (Å²) in [4.78, 5) is 0. The Bertz CT molecular complexity index is 711. The molecule has 0 aromatic heterocycles. The molecule has 0 bridgehead atoms. The standard InChI is InChI=1S/C21H25ClO2.C2H2/c1-3-15-4-6-16(7-5-15)11-18-12-17(8-9-20(18)22)21-13-19(23)10-14(2)24-21;1-2/h4-9,12,14,19,21,23H,3,10-11,13H2,1-2H3;1-2H/t14-,19+,21?;/m1./s1. The highest BCUT2D eigenvalue weighted by Gasteiger charge is 2.27. The molecule has 2 aromatic carbocycles. The van der Waals surface area contributed by atoms with Crippen molar-refractivity contribution in [3.05, 3.63) is 69.7 Å². The first kappa shape index (κ1) is 20.5. The number of hydrogen-bond acceptors (Lipinski definition) is 2. The Labute approximate surface area is 162 Å². The number of halogens is 1. The summed E-state index contributed by atoms with van der Waals surface area (Å²) < 4.78 is 6.02. The van der Waals surface area contributed by atoms with E-state index in [0.29, 0.717) is 12.8 Å². The maximum atomic E-state index is 10.0. The molecule has 1 fully saturated rings. The fraction of sp³-hybridized carbons (Fsp3) is 0.391. The summed E-state index contributed by atoms with van der Waals surface area (Å²) in [6, 6.07) is 14.8. The Kier molecular flexibility index (Phi) is 7.72. The molecule has 2 aromatic rings. The van der Waals surface area contributed by atoms with Crippen LogP contribution in [0.25, 0.3) is 0 Å². The Morgan fingerprint density at radius 1 is 1.08 bits per heavy atom. The molecule has 2 nitrogen and oxygen atoms in total. The Balaban J connectivity index is 0.00000117. The van der Waals surface area contributed by atoms with Crippen LogP contribution in [0, 0.1) is 12.8 Å². The number of rotatable bonds is 4. The molecule has 1 N–H and O–H groups in total. The summed E-state index contributed by atoms with van der Waals surface area (Å²) in [6.45, 7) is 4.18. The van der Waals surface area contributed by atoms with E-state index in [4.69, 9.17) is 16.3 Å². The van der Waals surface area contributed by atoms with Gasteiger partial charge in [0, 0.05) is 11.4 Å². The van der Waals surface area contributed by atoms with Crippen molar-refractivity contribution in [3.63, 3.8) is 0 Å². The van der Waals surface area contributed by atoms with Crippen molar-refractivity contribution in [2.75, 3.05) is 0 Å². The van der Waals surface area contributed by atoms with E-state index in [9.17, 15) is 5.11 Å². The highest BCUT2D eigenvalue weighted by Crippen LogP contribution is 2.33. The minimum absolute atomic E-state index is 0.0535. The van der Waals surface area contributed by atoms with Crippen LogP contribution >= 0.6 is 11.6 Å². The molecule has 26 heavy (non-hydrogen) atoms. The maximum Gasteiger partial charge on any atom is 0.0853 e. The van der Waals surface area contributed by atoms with Gasteiger partial charge < -0.3 is 9.84 Å². The van der Waals surface area contributed by atoms with Gasteiger partial charge in [-0.2, -0.15) is 0 Å². The second kappa shape index (κ2) is 9.78. The van der Waals surface area contributed by atoms with Crippen LogP contribution in [0.1, 0.15) is 55.0 Å². The molecule has 0 saturated carbocycles. The van der Waals surface area contributed by atoms with Crippen LogP contribution in [-0.2, 0) is 17.6 Å². The number of ether oxygens (including phenoxy) is 1. The van der Waals surface area contributed by atoms with E-state index in [2.05, 4.69) is 50.1 Å². The van der Waals surface area contributed by atoms with Crippen LogP contribution in [0.5, 0.6) is 0 Å². The molecular weight excluding hydrogens is 344 g/mol. The van der Waals surface area contributed by atoms with Gasteiger partial charge in [-0.25, -0.2) is 0 Å². The second-order valence-corrected chi connectivity index (χ2v) is 7.17. The van der Waals surface area contributed by atoms with Gasteiger partial charge in [-0.3, -0.25) is 0 Å². The third-order valence-corrected chi connectivity index (χ3v) is 5.12. The molecule has 0 amide bonds. The summed E-state index contributed by atoms with van der Waals surface area (Å²) in [6.07, 6.45) is 11.0. The van der Waals surface area contributed by atoms with Crippen LogP contribution in [0.2, 0.25) is 5.02 Å². The molecule has 0 radical (unpaired) electrons. The lowest BCUT2D eigenvalue weighted by molar-refractivity contribution is -0.0895. The fourth-order valence-electron chi connectivity index (χ4n) is 3.38. The number of hydrogen-bond donors (Lipinski definition) is 1. The van der Waals surface area contributed by atoms with E-state index in [1.54, 1.807) is 0 Å². The van der Waals surface area contributed by atoms with Gasteiger partial charge in [-0.1, -0.05) is 54.9 Å². The van der Waals surface area contributed by atoms with Gasteiger partial charge in [-0.05, 0) is 54.5 Å². The van der Waals surface area contributed by atoms with Crippen LogP contribution in [0.15, 0.2) is 42.5 Å². The Morgan fingerprint density at radius 2 is 1.73 bits per heavy atom. The first-order valence-electron chi connectivity index (χ1n) is 9.08. The first-order chi connectivity index (χ1) is 12.5. The van der Waals surface area contributed by atoms with Crippen molar-refractivity contribution >= 4 is 11.6 Å². The highest BCUT2D eigenvalue weighted by molar-refractivity contribution is 6.31. The van der Waals surface area contributed by atoms with Crippen molar-refractivity contribution in [1.29, 1.82) is 0 Å². The van der Waals surface area contributed by atoms with Crippen LogP contribution < -0.4 is 0 Å². The van der Waals surface area contributed by atoms with E-state index >= 15 is 0 Å². The lowest BCUT2D eigenvalue weighted by atomic mass is 9.94. The number of terminal acetylenes is 1. The highest BCUT2D eigenvalue weighted by atomic mass is 35.5. The molecule has 0 spiro atoms. The lowest BCUT2D eigenvalue weighted by Gasteiger charge is -2.31. The molecular formula is C23H27ClO2. The average molecular weight is 371 g/mol. The van der Waals surface area contributed by atoms with Gasteiger partial charge >= 0.3 is 0 Å². The predicted molar refractivity (Wildman–Crippen MR) is 108 cm³/mol. The van der Waals surface area contributed by atoms with Crippen molar-refractivity contribution < 1.29 is 9.84 Å². The van der Waals surface area contributed by atoms with Crippen molar-refractivity contribution in [2.45, 2.75) is 57.8 Å². The van der Waals surface area contributed by atoms with Crippen molar-refractivity contribution in [1.82, 2.24) is 0 Å². The quantitative estimate of drug-likeness (QED) is 0.735. The SMILES string of the molecule is C#C.CCc1ccc(Cc2cc(C3C[C@@H](O)C[C@@H](C)O3)ccc2Cl)cc1. The van der Waals surface area contributed by atoms with E-state index in [1.807, 2.05) is 19.1 Å². The zero-order valence-corrected chi connectivity index (χ0v) is 16.2. The summed E-state index contributed by atoms with van der Waals surface area (Å²) >= 11 is 6.41. The largest absolute Gasteiger partial charge is 0.393 e. The van der Waals surface area contributed by atoms with Crippen LogP contribution in [-0.4, -0.2) is 17.3 Å². The smallest absolute Gasteiger partial charge is 0.0853 e. The normalized spacial score (nSPS) is 22.3. The summed E-state index contributed by atoms with van der Waals surface area (Å²) in [5, 5.41) is 10.8. The minimum Gasteiger partial charge on any atom is -0.393 e. The van der Waals surface area contributed by atoms with Gasteiger partial charge in [0.25, 0.3) is 0 Å². The first-order valence-corrected chi connectivity index (χ1v) is 9.46. The molecule has 3 heteroatoms. The second-order valence-electron chi connectivity index (χ2n) is 6.76. The van der Waals surface area contributed by atoms with E-state index in [0.717, 1.165) is 29.0 Å². The number of benzene rings is 2. The Morgan fingerprint density at radius 3 is 2.35 bits per heavy atom. The van der Waals surface area contributed by atoms with Gasteiger partial charge in [0.1, 0.15) is 0 Å². The zero-order valence-electron chi connectivity index (χ0n) is 15.5. The summed E-state index contributed by atoms with van der Waals surface area (Å²) in [5.74, 6) is 0. The molecule has 1 unspecified atom stereocenters. The number of aliphatic hydroxyl groups excluding tert-OH is 1. The molecule has 1 aliphatic rings. The van der Waals surface area contributed by atoms with Crippen molar-refractivity contribution in [3.8, 4) is 12.8 Å². The molecule has 1 aliphatic heterocycles. The zero-order chi connectivity index (χ0) is 19.1. The molecule has 3 rings (SSSR count). The van der Waals surface area contributed by atoms with Gasteiger partial charge in [0.2, 0.25) is 0 Å². The van der Waals surface area contributed by atoms with E-state index in [-0.39, 0.29) is 18.3 Å². The number of aryl methyl sites for hydroxylation is 1. The van der Waals surface area contributed by atoms with E-state index < -0.39 is 0 Å². The van der Waals surface area contributed by atoms with Crippen molar-refractivity contribution in [2.24, 2.45) is 0 Å². The molecule has 0 aliphatic carbocycles. The third-order valence-electron chi connectivity index (χ3n) is 4.75. The molecule has 1 saturated heterocycles. The van der Waals surface area contributed by atoms with Crippen LogP contribution in [0.4, 0.5) is 0 Å². The van der Waals surface area contributed by atoms with E-state index in [1.165, 1.54) is 11.1 Å². The minimum atomic E-state index is -0.292. The van der Waals surface area contributed by atoms with Gasteiger partial charge in [-0.15, -0.1) is 12.8 Å². The molecule has 3 atom stereocenters. The number of aliphatic hydroxyl groups is 1. The predicted octanol–water partition coefficient (Wildman–Crippen LogP) is 5.34. The van der Waals surface area contributed by atoms with Gasteiger partial charge in [0.15, 0.2) is 0 Å². The fourth-order valence-corrected chi connectivity index (χ4v) is 3.56. The Hall–Kier alpha value is -1.79. The monoisotopic (exact) mass is 370 g/mol. The summed E-state index contributed by atoms with van der Waals surface area (Å²) in [7, 11) is 0. The third kappa shape index (κ3) is 5.35. The topological polar surface area (TPSA) is 29.5 Å². The average Bonchev–Trinajstić information content (AvgIpc) is 2.65. The molecule has 138 valence electrons. The maximum absolute atomic E-state index is 10.0. The van der Waals surface area contributed by atoms with Gasteiger partial charge in [0.05, 0.1) is 18.3 Å². The molecule has 1 heterocycles. The lowest BCUT2D eigenvalue weighted by Crippen LogP contribution is -2.29. The van der Waals surface area contributed by atoms with Crippen LogP contribution in [0.3, 0.4) is 0 Å².